The maximum Gasteiger partial charge on any atom is 0.333 e. The van der Waals surface area contributed by atoms with Crippen molar-refractivity contribution in [3.8, 4) is 39.1 Å². The van der Waals surface area contributed by atoms with E-state index in [9.17, 15) is 0 Å². The Bertz CT molecular complexity index is 3750. The number of benzene rings is 7. The quantitative estimate of drug-likeness (QED) is 0.153. The van der Waals surface area contributed by atoms with Gasteiger partial charge in [0.2, 0.25) is 0 Å². The number of nitrogens with zero attached hydrogens (tertiary/aromatic N) is 2. The van der Waals surface area contributed by atoms with Crippen molar-refractivity contribution in [3.05, 3.63) is 149 Å². The second kappa shape index (κ2) is 13.5. The van der Waals surface area contributed by atoms with E-state index in [-0.39, 0.29) is 39.3 Å². The van der Waals surface area contributed by atoms with Crippen LogP contribution in [0.3, 0.4) is 0 Å². The van der Waals surface area contributed by atoms with Crippen LogP contribution in [0.15, 0.2) is 115 Å². The van der Waals surface area contributed by atoms with Gasteiger partial charge in [-0.3, -0.25) is 0 Å². The first kappa shape index (κ1) is 43.2. The molecule has 3 heteroatoms. The van der Waals surface area contributed by atoms with E-state index in [0.29, 0.717) is 0 Å². The number of aromatic nitrogens is 2. The molecule has 0 spiro atoms. The molecule has 0 unspecified atom stereocenters. The number of hydrogen-bond acceptors (Lipinski definition) is 0. The van der Waals surface area contributed by atoms with Crippen LogP contribution in [0, 0.1) is 0 Å². The Morgan fingerprint density at radius 3 is 1.55 bits per heavy atom. The van der Waals surface area contributed by atoms with Crippen molar-refractivity contribution in [2.75, 3.05) is 0 Å². The number of rotatable bonds is 2. The molecule has 2 aromatic heterocycles. The van der Waals surface area contributed by atoms with Crippen molar-refractivity contribution in [1.82, 2.24) is 9.05 Å². The first-order chi connectivity index (χ1) is 32.4. The molecule has 4 aliphatic rings. The standard InChI is InChI=1S/C66H69BN2/c1-61(2,3)42-21-25-56-46(35-42)49-37-43(62(4,5)6)36-48-44-16-15-17-57-58(44)67(69(56)59(48)49)54-34-41(40-19-23-51-53(33-40)66(13,14)29-27-64(51,9)10)31-47-45-30-38(20-24-55(45)68(57)60(47)54)39-18-22-50-52(32-39)65(11,12)28-26-63(50,7)8/h15-25,30-37H,26-29H2,1-14H3. The molecule has 9 aromatic rings. The third-order valence-corrected chi connectivity index (χ3v) is 18.3. The minimum Gasteiger partial charge on any atom is -0.375 e. The second-order valence-corrected chi connectivity index (χ2v) is 26.7. The molecule has 13 rings (SSSR count). The molecule has 2 aliphatic carbocycles. The highest BCUT2D eigenvalue weighted by molar-refractivity contribution is 6.90. The summed E-state index contributed by atoms with van der Waals surface area (Å²) in [6, 6.07) is 47.1. The summed E-state index contributed by atoms with van der Waals surface area (Å²) in [5.41, 5.74) is 26.7. The smallest absolute Gasteiger partial charge is 0.333 e. The Hall–Kier alpha value is -5.80. The third-order valence-electron chi connectivity index (χ3n) is 18.3. The Labute approximate surface area is 411 Å². The van der Waals surface area contributed by atoms with Crippen molar-refractivity contribution in [3.63, 3.8) is 0 Å². The fourth-order valence-electron chi connectivity index (χ4n) is 13.8. The Morgan fingerprint density at radius 2 is 0.928 bits per heavy atom. The first-order valence-corrected chi connectivity index (χ1v) is 26.1. The van der Waals surface area contributed by atoms with Crippen molar-refractivity contribution < 1.29 is 0 Å². The van der Waals surface area contributed by atoms with Crippen LogP contribution in [0.25, 0.3) is 82.7 Å². The third kappa shape index (κ3) is 5.98. The minimum atomic E-state index is -0.0168. The largest absolute Gasteiger partial charge is 0.375 e. The van der Waals surface area contributed by atoms with Crippen molar-refractivity contribution in [1.29, 1.82) is 0 Å². The zero-order valence-electron chi connectivity index (χ0n) is 43.8. The average Bonchev–Trinajstić information content (AvgIpc) is 3.81. The second-order valence-electron chi connectivity index (χ2n) is 26.7. The highest BCUT2D eigenvalue weighted by atomic mass is 15.0. The molecule has 0 atom stereocenters. The van der Waals surface area contributed by atoms with E-state index in [4.69, 9.17) is 0 Å². The van der Waals surface area contributed by atoms with Gasteiger partial charge in [-0.25, -0.2) is 0 Å². The lowest BCUT2D eigenvalue weighted by Gasteiger charge is -2.42. The zero-order chi connectivity index (χ0) is 48.3. The molecular formula is C66H69BN2. The molecule has 346 valence electrons. The van der Waals surface area contributed by atoms with E-state index >= 15 is 0 Å². The van der Waals surface area contributed by atoms with E-state index in [1.54, 1.807) is 0 Å². The Morgan fingerprint density at radius 1 is 0.420 bits per heavy atom. The summed E-state index contributed by atoms with van der Waals surface area (Å²) in [7, 11) is 0. The van der Waals surface area contributed by atoms with Gasteiger partial charge in [-0.2, -0.15) is 0 Å². The topological polar surface area (TPSA) is 9.86 Å². The molecule has 0 radical (unpaired) electrons. The molecule has 2 aliphatic heterocycles. The molecule has 69 heavy (non-hydrogen) atoms. The zero-order valence-corrected chi connectivity index (χ0v) is 43.8. The lowest BCUT2D eigenvalue weighted by Crippen LogP contribution is -2.55. The van der Waals surface area contributed by atoms with Gasteiger partial charge in [-0.05, 0) is 179 Å². The molecule has 7 aromatic carbocycles. The minimum absolute atomic E-state index is 0.0114. The molecule has 4 heterocycles. The summed E-state index contributed by atoms with van der Waals surface area (Å²) in [5.74, 6) is 0. The fourth-order valence-corrected chi connectivity index (χ4v) is 13.8. The summed E-state index contributed by atoms with van der Waals surface area (Å²) in [4.78, 5) is 0. The summed E-state index contributed by atoms with van der Waals surface area (Å²) < 4.78 is 5.42. The molecule has 0 fully saturated rings. The van der Waals surface area contributed by atoms with Gasteiger partial charge < -0.3 is 9.05 Å². The maximum atomic E-state index is 2.77. The van der Waals surface area contributed by atoms with E-state index in [1.165, 1.54) is 153 Å². The highest BCUT2D eigenvalue weighted by Crippen LogP contribution is 2.51. The van der Waals surface area contributed by atoms with Gasteiger partial charge in [0.15, 0.2) is 0 Å². The SMILES string of the molecule is CC(C)(C)c1ccc2c(c1)c1cc(C(C)(C)C)cc3c1n2B1c2c-3cccc2-n2c3ccc(-c4ccc5c(c4)C(C)(C)CCC5(C)C)cc3c3cc(-c4ccc5c(c4)C(C)(C)CCC5(C)C)cc1c32. The van der Waals surface area contributed by atoms with Gasteiger partial charge in [0.05, 0.1) is 11.0 Å². The summed E-state index contributed by atoms with van der Waals surface area (Å²) >= 11 is 0. The molecule has 0 N–H and O–H groups in total. The van der Waals surface area contributed by atoms with Crippen LogP contribution in [-0.2, 0) is 32.5 Å². The fraction of sp³-hybridized carbons (Fsp3) is 0.364. The molecule has 0 saturated carbocycles. The van der Waals surface area contributed by atoms with Gasteiger partial charge in [0.1, 0.15) is 0 Å². The van der Waals surface area contributed by atoms with Crippen LogP contribution in [0.5, 0.6) is 0 Å². The molecule has 0 saturated heterocycles. The van der Waals surface area contributed by atoms with E-state index in [0.717, 1.165) is 0 Å². The average molecular weight is 901 g/mol. The van der Waals surface area contributed by atoms with Crippen LogP contribution >= 0.6 is 0 Å². The van der Waals surface area contributed by atoms with Crippen LogP contribution in [0.1, 0.15) is 156 Å². The number of hydrogen-bond donors (Lipinski definition) is 0. The van der Waals surface area contributed by atoms with E-state index in [2.05, 4.69) is 221 Å². The lowest BCUT2D eigenvalue weighted by atomic mass is 9.45. The first-order valence-electron chi connectivity index (χ1n) is 26.1. The van der Waals surface area contributed by atoms with Gasteiger partial charge in [-0.15, -0.1) is 0 Å². The van der Waals surface area contributed by atoms with Crippen LogP contribution in [0.2, 0.25) is 0 Å². The van der Waals surface area contributed by atoms with Gasteiger partial charge in [0, 0.05) is 43.8 Å². The number of fused-ring (bicyclic) bond motifs is 12. The Kier molecular flexibility index (Phi) is 8.48. The normalized spacial score (nSPS) is 18.2. The van der Waals surface area contributed by atoms with Gasteiger partial charge in [-0.1, -0.05) is 164 Å². The molecule has 2 nitrogen and oxygen atoms in total. The predicted octanol–water partition coefficient (Wildman–Crippen LogP) is 16.5. The van der Waals surface area contributed by atoms with Gasteiger partial charge >= 0.3 is 6.85 Å². The van der Waals surface area contributed by atoms with E-state index < -0.39 is 0 Å². The molecule has 0 amide bonds. The summed E-state index contributed by atoms with van der Waals surface area (Å²) in [6.07, 6.45) is 4.83. The monoisotopic (exact) mass is 901 g/mol. The lowest BCUT2D eigenvalue weighted by molar-refractivity contribution is 0.332. The summed E-state index contributed by atoms with van der Waals surface area (Å²) in [6.45, 7) is 33.7. The van der Waals surface area contributed by atoms with Crippen molar-refractivity contribution in [2.24, 2.45) is 0 Å². The predicted molar refractivity (Wildman–Crippen MR) is 298 cm³/mol. The van der Waals surface area contributed by atoms with Crippen LogP contribution in [-0.4, -0.2) is 15.9 Å². The van der Waals surface area contributed by atoms with Crippen LogP contribution in [0.4, 0.5) is 0 Å². The molecular weight excluding hydrogens is 832 g/mol. The Balaban J connectivity index is 1.14. The van der Waals surface area contributed by atoms with Gasteiger partial charge in [0.25, 0.3) is 0 Å². The van der Waals surface area contributed by atoms with Crippen molar-refractivity contribution >= 4 is 61.4 Å². The summed E-state index contributed by atoms with van der Waals surface area (Å²) in [5, 5.41) is 5.39. The van der Waals surface area contributed by atoms with Crippen molar-refractivity contribution in [2.45, 2.75) is 155 Å². The van der Waals surface area contributed by atoms with Crippen LogP contribution < -0.4 is 10.9 Å². The highest BCUT2D eigenvalue weighted by Gasteiger charge is 2.43. The maximum absolute atomic E-state index is 2.77. The molecule has 0 bridgehead atoms. The van der Waals surface area contributed by atoms with E-state index in [1.807, 2.05) is 0 Å².